The van der Waals surface area contributed by atoms with Gasteiger partial charge in [0, 0.05) is 4.47 Å². The van der Waals surface area contributed by atoms with Gasteiger partial charge in [-0.15, -0.1) is 0 Å². The molecule has 0 heterocycles. The van der Waals surface area contributed by atoms with Crippen LogP contribution in [0.15, 0.2) is 28.7 Å². The lowest BCUT2D eigenvalue weighted by molar-refractivity contribution is -0.145. The average molecular weight is 329 g/mol. The number of esters is 1. The number of halogens is 1. The zero-order chi connectivity index (χ0) is 14.6. The molecule has 1 aromatic rings. The fourth-order valence-corrected chi connectivity index (χ4v) is 1.77. The predicted octanol–water partition coefficient (Wildman–Crippen LogP) is 1.30. The molecule has 104 valence electrons. The first-order valence-electron chi connectivity index (χ1n) is 5.72. The number of hydrogen-bond donors (Lipinski definition) is 2. The maximum Gasteiger partial charge on any atom is 0.328 e. The van der Waals surface area contributed by atoms with E-state index in [0.29, 0.717) is 5.56 Å². The van der Waals surface area contributed by atoms with Crippen molar-refractivity contribution in [3.63, 3.8) is 0 Å². The van der Waals surface area contributed by atoms with Gasteiger partial charge in [0.25, 0.3) is 0 Å². The van der Waals surface area contributed by atoms with E-state index in [4.69, 9.17) is 5.73 Å². The Morgan fingerprint density at radius 3 is 2.37 bits per heavy atom. The normalized spacial score (nSPS) is 15.2. The van der Waals surface area contributed by atoms with Crippen LogP contribution in [0.3, 0.4) is 0 Å². The van der Waals surface area contributed by atoms with Gasteiger partial charge in [0.2, 0.25) is 5.91 Å². The summed E-state index contributed by atoms with van der Waals surface area (Å²) in [7, 11) is 1.27. The van der Waals surface area contributed by atoms with Gasteiger partial charge >= 0.3 is 5.97 Å². The number of amides is 1. The largest absolute Gasteiger partial charge is 0.467 e. The van der Waals surface area contributed by atoms with Gasteiger partial charge in [0.05, 0.1) is 7.11 Å². The Balaban J connectivity index is 2.85. The number of rotatable bonds is 4. The van der Waals surface area contributed by atoms with Crippen LogP contribution < -0.4 is 11.1 Å². The number of nitrogens with one attached hydrogen (secondary N) is 1. The van der Waals surface area contributed by atoms with Crippen molar-refractivity contribution in [3.8, 4) is 0 Å². The van der Waals surface area contributed by atoms with Crippen LogP contribution in [0.25, 0.3) is 0 Å². The Labute approximate surface area is 120 Å². The molecule has 0 aliphatic heterocycles. The Kier molecular flexibility index (Phi) is 5.08. The van der Waals surface area contributed by atoms with E-state index in [0.717, 1.165) is 4.47 Å². The van der Waals surface area contributed by atoms with Crippen molar-refractivity contribution < 1.29 is 14.3 Å². The molecule has 2 atom stereocenters. The fourth-order valence-electron chi connectivity index (χ4n) is 1.51. The lowest BCUT2D eigenvalue weighted by Gasteiger charge is -2.25. The van der Waals surface area contributed by atoms with Crippen molar-refractivity contribution in [2.24, 2.45) is 5.73 Å². The quantitative estimate of drug-likeness (QED) is 0.816. The molecule has 0 spiro atoms. The van der Waals surface area contributed by atoms with Crippen molar-refractivity contribution in [2.45, 2.75) is 25.4 Å². The van der Waals surface area contributed by atoms with Gasteiger partial charge in [-0.25, -0.2) is 4.79 Å². The summed E-state index contributed by atoms with van der Waals surface area (Å²) in [6, 6.07) is 6.38. The third-order valence-electron chi connectivity index (χ3n) is 2.82. The Hall–Kier alpha value is -1.40. The van der Waals surface area contributed by atoms with Crippen LogP contribution in [0.1, 0.15) is 19.4 Å². The van der Waals surface area contributed by atoms with Gasteiger partial charge in [-0.1, -0.05) is 28.1 Å². The van der Waals surface area contributed by atoms with E-state index in [9.17, 15) is 9.59 Å². The van der Waals surface area contributed by atoms with E-state index < -0.39 is 23.5 Å². The van der Waals surface area contributed by atoms with E-state index >= 15 is 0 Å². The molecule has 5 nitrogen and oxygen atoms in total. The molecule has 1 rings (SSSR count). The number of hydrogen-bond acceptors (Lipinski definition) is 4. The molecule has 0 aliphatic carbocycles. The molecule has 3 N–H and O–H groups in total. The molecule has 0 radical (unpaired) electrons. The standard InChI is InChI=1S/C13H17BrN2O3/c1-8(11(17)19-3)16-12(18)13(2,15)9-4-6-10(14)7-5-9/h4-8H,15H2,1-3H3,(H,16,18)/t8-,13?/m1/s1. The summed E-state index contributed by atoms with van der Waals surface area (Å²) in [4.78, 5) is 23.4. The maximum absolute atomic E-state index is 12.1. The number of carbonyl (C=O) groups is 2. The molecule has 0 aromatic heterocycles. The zero-order valence-electron chi connectivity index (χ0n) is 11.1. The zero-order valence-corrected chi connectivity index (χ0v) is 12.7. The molecule has 0 bridgehead atoms. The van der Waals surface area contributed by atoms with E-state index in [-0.39, 0.29) is 0 Å². The van der Waals surface area contributed by atoms with Crippen molar-refractivity contribution in [2.75, 3.05) is 7.11 Å². The Morgan fingerprint density at radius 2 is 1.89 bits per heavy atom. The summed E-state index contributed by atoms with van der Waals surface area (Å²) < 4.78 is 5.44. The summed E-state index contributed by atoms with van der Waals surface area (Å²) in [5.41, 5.74) is 5.48. The highest BCUT2D eigenvalue weighted by atomic mass is 79.9. The molecule has 0 aliphatic rings. The van der Waals surface area contributed by atoms with Crippen LogP contribution in [-0.2, 0) is 19.9 Å². The molecule has 0 saturated heterocycles. The molecule has 6 heteroatoms. The van der Waals surface area contributed by atoms with Crippen LogP contribution in [0.5, 0.6) is 0 Å². The van der Waals surface area contributed by atoms with Gasteiger partial charge in [-0.3, -0.25) is 4.79 Å². The van der Waals surface area contributed by atoms with E-state index in [1.54, 1.807) is 38.1 Å². The van der Waals surface area contributed by atoms with Gasteiger partial charge < -0.3 is 15.8 Å². The minimum Gasteiger partial charge on any atom is -0.467 e. The smallest absolute Gasteiger partial charge is 0.328 e. The highest BCUT2D eigenvalue weighted by molar-refractivity contribution is 9.10. The SMILES string of the molecule is COC(=O)[C@@H](C)NC(=O)C(C)(N)c1ccc(Br)cc1. The number of nitrogens with two attached hydrogens (primary N) is 1. The average Bonchev–Trinajstić information content (AvgIpc) is 2.38. The van der Waals surface area contributed by atoms with E-state index in [1.807, 2.05) is 0 Å². The predicted molar refractivity (Wildman–Crippen MR) is 75.3 cm³/mol. The molecule has 0 saturated carbocycles. The highest BCUT2D eigenvalue weighted by Crippen LogP contribution is 2.20. The van der Waals surface area contributed by atoms with Crippen LogP contribution in [-0.4, -0.2) is 25.0 Å². The van der Waals surface area contributed by atoms with Gasteiger partial charge in [-0.2, -0.15) is 0 Å². The summed E-state index contributed by atoms with van der Waals surface area (Å²) in [5.74, 6) is -0.951. The monoisotopic (exact) mass is 328 g/mol. The minimum atomic E-state index is -1.22. The van der Waals surface area contributed by atoms with Crippen molar-refractivity contribution >= 4 is 27.8 Å². The second kappa shape index (κ2) is 6.16. The lowest BCUT2D eigenvalue weighted by atomic mass is 9.92. The first-order chi connectivity index (χ1) is 8.78. The molecule has 1 aromatic carbocycles. The highest BCUT2D eigenvalue weighted by Gasteiger charge is 2.32. The summed E-state index contributed by atoms with van der Waals surface area (Å²) >= 11 is 3.32. The van der Waals surface area contributed by atoms with Gasteiger partial charge in [0.15, 0.2) is 0 Å². The first kappa shape index (κ1) is 15.7. The molecule has 0 fully saturated rings. The van der Waals surface area contributed by atoms with E-state index in [2.05, 4.69) is 26.0 Å². The van der Waals surface area contributed by atoms with E-state index in [1.165, 1.54) is 7.11 Å². The number of methoxy groups -OCH3 is 1. The summed E-state index contributed by atoms with van der Waals surface area (Å²) in [6.45, 7) is 3.14. The van der Waals surface area contributed by atoms with Crippen molar-refractivity contribution in [3.05, 3.63) is 34.3 Å². The van der Waals surface area contributed by atoms with Crippen LogP contribution in [0, 0.1) is 0 Å². The fraction of sp³-hybridized carbons (Fsp3) is 0.385. The van der Waals surface area contributed by atoms with Crippen molar-refractivity contribution in [1.82, 2.24) is 5.32 Å². The first-order valence-corrected chi connectivity index (χ1v) is 6.52. The maximum atomic E-state index is 12.1. The minimum absolute atomic E-state index is 0.437. The molecule has 19 heavy (non-hydrogen) atoms. The number of carbonyl (C=O) groups excluding carboxylic acids is 2. The summed E-state index contributed by atoms with van der Waals surface area (Å²) in [5, 5.41) is 2.53. The third kappa shape index (κ3) is 3.78. The van der Waals surface area contributed by atoms with Crippen LogP contribution >= 0.6 is 15.9 Å². The number of benzene rings is 1. The van der Waals surface area contributed by atoms with Gasteiger partial charge in [0.1, 0.15) is 11.6 Å². The molecule has 1 amide bonds. The van der Waals surface area contributed by atoms with Crippen LogP contribution in [0.4, 0.5) is 0 Å². The molecule has 1 unspecified atom stereocenters. The number of ether oxygens (including phenoxy) is 1. The van der Waals surface area contributed by atoms with Crippen LogP contribution in [0.2, 0.25) is 0 Å². The lowest BCUT2D eigenvalue weighted by Crippen LogP contribution is -2.53. The second-order valence-corrected chi connectivity index (χ2v) is 5.34. The Bertz CT molecular complexity index is 471. The topological polar surface area (TPSA) is 81.4 Å². The van der Waals surface area contributed by atoms with Crippen molar-refractivity contribution in [1.29, 1.82) is 0 Å². The Morgan fingerprint density at radius 1 is 1.37 bits per heavy atom. The molecular formula is C13H17BrN2O3. The second-order valence-electron chi connectivity index (χ2n) is 4.43. The third-order valence-corrected chi connectivity index (χ3v) is 3.35. The molecular weight excluding hydrogens is 312 g/mol. The summed E-state index contributed by atoms with van der Waals surface area (Å²) in [6.07, 6.45) is 0. The van der Waals surface area contributed by atoms with Gasteiger partial charge in [-0.05, 0) is 31.5 Å².